The molecule has 0 radical (unpaired) electrons. The number of nitrogens with zero attached hydrogens (tertiary/aromatic N) is 3. The summed E-state index contributed by atoms with van der Waals surface area (Å²) < 4.78 is 2.54. The third-order valence-corrected chi connectivity index (χ3v) is 24.3. The Hall–Kier alpha value is -14.3. The number of para-hydroxylation sites is 4. The van der Waals surface area contributed by atoms with E-state index in [0.29, 0.717) is 0 Å². The molecule has 0 N–H and O–H groups in total. The van der Waals surface area contributed by atoms with Crippen LogP contribution in [0.2, 0.25) is 0 Å². The van der Waals surface area contributed by atoms with Gasteiger partial charge in [-0.05, 0) is 208 Å². The molecule has 4 heteroatoms. The van der Waals surface area contributed by atoms with Gasteiger partial charge < -0.3 is 14.4 Å². The maximum absolute atomic E-state index is 2.70. The Labute approximate surface area is 636 Å². The lowest BCUT2D eigenvalue weighted by molar-refractivity contribution is 1.16. The number of hydrogen-bond acceptors (Lipinski definition) is 2. The molecule has 21 aromatic carbocycles. The quantitative estimate of drug-likeness (QED) is 0.0811. The van der Waals surface area contributed by atoms with Crippen LogP contribution < -0.4 is 26.2 Å². The molecule has 0 saturated heterocycles. The van der Waals surface area contributed by atoms with Gasteiger partial charge in [0.1, 0.15) is 0 Å². The molecule has 22 aromatic rings. The van der Waals surface area contributed by atoms with Crippen LogP contribution >= 0.6 is 0 Å². The van der Waals surface area contributed by atoms with Crippen molar-refractivity contribution < 1.29 is 0 Å². The molecule has 2 aliphatic rings. The molecule has 2 aliphatic heterocycles. The van der Waals surface area contributed by atoms with E-state index >= 15 is 0 Å². The average molecular weight is 1390 g/mol. The van der Waals surface area contributed by atoms with Crippen LogP contribution in [0.4, 0.5) is 34.1 Å². The van der Waals surface area contributed by atoms with E-state index < -0.39 is 0 Å². The standard InChI is InChI=1S/C106H64BN3/c1-5-25-65(26-6-1)78-41-23-42-79(66-27-7-2-8-28-66)105(78)109-96-55-53-71(75-57-73-37-21-47-86-84-45-17-33-69-35-19-49-88(100(69)84)90(59-75)102(73)86)61-92(96)107-93-62-72(76-58-74-38-22-48-87-85-46-18-34-70-36-20-50-89(101(70)85)91(60-76)103(74)87)54-56-97(93)110(106-80(67-29-9-3-10-30-67)43-24-44-81(106)68-31-11-4-12-32-68)99-64-77(63-98(109)104(99)107)108-94-51-15-13-39-82(94)83-40-14-16-52-95(83)108/h1-64H. The summed E-state index contributed by atoms with van der Waals surface area (Å²) in [5.41, 5.74) is 27.4. The number of fused-ring (bicyclic) bond motifs is 11. The number of aromatic nitrogens is 1. The monoisotopic (exact) mass is 1390 g/mol. The summed E-state index contributed by atoms with van der Waals surface area (Å²) in [6, 6.07) is 147. The predicted molar refractivity (Wildman–Crippen MR) is 470 cm³/mol. The van der Waals surface area contributed by atoms with Crippen molar-refractivity contribution in [2.75, 3.05) is 9.80 Å². The minimum atomic E-state index is -0.324. The highest BCUT2D eigenvalue weighted by Gasteiger charge is 2.46. The minimum Gasteiger partial charge on any atom is -0.310 e. The first-order valence-corrected chi connectivity index (χ1v) is 38.3. The van der Waals surface area contributed by atoms with E-state index in [1.165, 1.54) is 124 Å². The summed E-state index contributed by atoms with van der Waals surface area (Å²) in [6.45, 7) is -0.324. The fourth-order valence-corrected chi connectivity index (χ4v) is 19.8. The zero-order chi connectivity index (χ0) is 71.8. The average Bonchev–Trinajstić information content (AvgIpc) is 0.802. The van der Waals surface area contributed by atoms with Gasteiger partial charge in [-0.3, -0.25) is 0 Å². The van der Waals surface area contributed by atoms with Gasteiger partial charge in [0.05, 0.1) is 28.1 Å². The fourth-order valence-electron chi connectivity index (χ4n) is 19.8. The molecule has 0 aliphatic carbocycles. The van der Waals surface area contributed by atoms with Gasteiger partial charge in [-0.15, -0.1) is 0 Å². The summed E-state index contributed by atoms with van der Waals surface area (Å²) in [5.74, 6) is 0. The molecule has 110 heavy (non-hydrogen) atoms. The van der Waals surface area contributed by atoms with Gasteiger partial charge in [-0.1, -0.05) is 328 Å². The van der Waals surface area contributed by atoms with Gasteiger partial charge in [0, 0.05) is 55.8 Å². The van der Waals surface area contributed by atoms with Crippen LogP contribution in [0.1, 0.15) is 0 Å². The van der Waals surface area contributed by atoms with E-state index in [1.54, 1.807) is 0 Å². The van der Waals surface area contributed by atoms with Crippen molar-refractivity contribution in [1.29, 1.82) is 0 Å². The van der Waals surface area contributed by atoms with Crippen molar-refractivity contribution in [3.63, 3.8) is 0 Å². The molecule has 3 heterocycles. The molecule has 506 valence electrons. The Morgan fingerprint density at radius 1 is 0.191 bits per heavy atom. The lowest BCUT2D eigenvalue weighted by Gasteiger charge is -2.46. The normalized spacial score (nSPS) is 12.7. The van der Waals surface area contributed by atoms with Crippen molar-refractivity contribution in [2.24, 2.45) is 0 Å². The molecular formula is C106H64BN3. The first-order valence-electron chi connectivity index (χ1n) is 38.3. The third kappa shape index (κ3) is 8.84. The summed E-state index contributed by atoms with van der Waals surface area (Å²) in [5, 5.41) is 22.8. The number of benzene rings is 21. The Bertz CT molecular complexity index is 7020. The van der Waals surface area contributed by atoms with E-state index in [1.807, 2.05) is 0 Å². The number of hydrogen-bond donors (Lipinski definition) is 0. The van der Waals surface area contributed by atoms with Crippen molar-refractivity contribution >= 4 is 165 Å². The van der Waals surface area contributed by atoms with Gasteiger partial charge in [-0.25, -0.2) is 0 Å². The highest BCUT2D eigenvalue weighted by Crippen LogP contribution is 2.55. The van der Waals surface area contributed by atoms with E-state index in [0.717, 1.165) is 106 Å². The van der Waals surface area contributed by atoms with Gasteiger partial charge in [0.25, 0.3) is 6.71 Å². The summed E-state index contributed by atoms with van der Waals surface area (Å²) >= 11 is 0. The fraction of sp³-hybridized carbons (Fsp3) is 0. The number of rotatable bonds is 9. The molecule has 0 atom stereocenters. The van der Waals surface area contributed by atoms with Crippen molar-refractivity contribution in [3.05, 3.63) is 388 Å². The van der Waals surface area contributed by atoms with Crippen LogP contribution in [-0.4, -0.2) is 11.3 Å². The smallest absolute Gasteiger partial charge is 0.252 e. The second-order valence-corrected chi connectivity index (χ2v) is 30.1. The molecule has 0 unspecified atom stereocenters. The van der Waals surface area contributed by atoms with E-state index in [9.17, 15) is 0 Å². The van der Waals surface area contributed by atoms with Gasteiger partial charge in [-0.2, -0.15) is 0 Å². The number of anilines is 6. The highest BCUT2D eigenvalue weighted by molar-refractivity contribution is 7.00. The third-order valence-electron chi connectivity index (χ3n) is 24.3. The van der Waals surface area contributed by atoms with Crippen LogP contribution in [0, 0.1) is 0 Å². The molecular weight excluding hydrogens is 1330 g/mol. The molecule has 0 fully saturated rings. The Balaban J connectivity index is 0.873. The Morgan fingerprint density at radius 2 is 0.500 bits per heavy atom. The molecule has 1 aromatic heterocycles. The molecule has 0 spiro atoms. The van der Waals surface area contributed by atoms with Crippen molar-refractivity contribution in [2.45, 2.75) is 0 Å². The van der Waals surface area contributed by atoms with Gasteiger partial charge in [0.2, 0.25) is 0 Å². The molecule has 0 bridgehead atoms. The first kappa shape index (κ1) is 60.9. The minimum absolute atomic E-state index is 0.324. The zero-order valence-electron chi connectivity index (χ0n) is 59.9. The maximum atomic E-state index is 2.70. The van der Waals surface area contributed by atoms with E-state index in [-0.39, 0.29) is 6.71 Å². The topological polar surface area (TPSA) is 11.4 Å². The first-order chi connectivity index (χ1) is 54.6. The van der Waals surface area contributed by atoms with Gasteiger partial charge >= 0.3 is 0 Å². The van der Waals surface area contributed by atoms with Crippen LogP contribution in [-0.2, 0) is 0 Å². The molecule has 3 nitrogen and oxygen atoms in total. The molecule has 24 rings (SSSR count). The molecule has 0 saturated carbocycles. The van der Waals surface area contributed by atoms with Crippen LogP contribution in [0.5, 0.6) is 0 Å². The SMILES string of the molecule is c1ccc(-c2cccc(-c3ccccc3)c2N2c3ccc(-c4cc5cccc6c7cccc8cccc(c(c4)c56)c87)cc3B3c4cc(-c5cc6cccc7c8cccc9cccc(c(c5)c67)c98)ccc4N(c4c(-c5ccccc5)cccc4-c4ccccc4)c4cc(-n5c6ccccc6c6ccccc65)cc2c43)cc1. The van der Waals surface area contributed by atoms with Gasteiger partial charge in [0.15, 0.2) is 0 Å². The Morgan fingerprint density at radius 3 is 0.873 bits per heavy atom. The molecule has 0 amide bonds. The Kier molecular flexibility index (Phi) is 13.1. The predicted octanol–water partition coefficient (Wildman–Crippen LogP) is 27.0. The lowest BCUT2D eigenvalue weighted by Crippen LogP contribution is -2.61. The van der Waals surface area contributed by atoms with E-state index in [2.05, 4.69) is 403 Å². The zero-order valence-corrected chi connectivity index (χ0v) is 59.9. The van der Waals surface area contributed by atoms with Crippen molar-refractivity contribution in [3.8, 4) is 72.4 Å². The lowest BCUT2D eigenvalue weighted by atomic mass is 9.33. The van der Waals surface area contributed by atoms with Crippen LogP contribution in [0.15, 0.2) is 388 Å². The second kappa shape index (κ2) is 23.6. The summed E-state index contributed by atoms with van der Waals surface area (Å²) in [6.07, 6.45) is 0. The van der Waals surface area contributed by atoms with E-state index in [4.69, 9.17) is 0 Å². The van der Waals surface area contributed by atoms with Crippen LogP contribution in [0.25, 0.3) is 180 Å². The van der Waals surface area contributed by atoms with Crippen LogP contribution in [0.3, 0.4) is 0 Å². The highest BCUT2D eigenvalue weighted by atomic mass is 15.2. The summed E-state index contributed by atoms with van der Waals surface area (Å²) in [7, 11) is 0. The summed E-state index contributed by atoms with van der Waals surface area (Å²) in [4.78, 5) is 5.39. The maximum Gasteiger partial charge on any atom is 0.252 e. The second-order valence-electron chi connectivity index (χ2n) is 30.1. The largest absolute Gasteiger partial charge is 0.310 e. The van der Waals surface area contributed by atoms with Crippen molar-refractivity contribution in [1.82, 2.24) is 4.57 Å².